The third-order valence-electron chi connectivity index (χ3n) is 3.90. The summed E-state index contributed by atoms with van der Waals surface area (Å²) in [5.41, 5.74) is 7.73. The predicted octanol–water partition coefficient (Wildman–Crippen LogP) is 3.38. The minimum absolute atomic E-state index is 0.352. The Hall–Kier alpha value is -0.820. The molecule has 0 heterocycles. The summed E-state index contributed by atoms with van der Waals surface area (Å²) in [7, 11) is 0. The van der Waals surface area contributed by atoms with E-state index < -0.39 is 0 Å². The maximum absolute atomic E-state index is 6.34. The Morgan fingerprint density at radius 1 is 1.25 bits per heavy atom. The van der Waals surface area contributed by atoms with Gasteiger partial charge in [0.25, 0.3) is 0 Å². The molecule has 0 spiro atoms. The largest absolute Gasteiger partial charge is 0.327 e. The fourth-order valence-electron chi connectivity index (χ4n) is 2.92. The Balaban J connectivity index is 1.90. The SMILES string of the molecule is CC1CCCC(C(N)Cc2ccccc2)C1. The van der Waals surface area contributed by atoms with Crippen molar-refractivity contribution in [1.82, 2.24) is 0 Å². The van der Waals surface area contributed by atoms with Gasteiger partial charge in [-0.05, 0) is 36.7 Å². The Labute approximate surface area is 99.0 Å². The molecule has 0 radical (unpaired) electrons. The average Bonchev–Trinajstić information content (AvgIpc) is 2.30. The first kappa shape index (κ1) is 11.7. The fraction of sp³-hybridized carbons (Fsp3) is 0.600. The highest BCUT2D eigenvalue weighted by atomic mass is 14.6. The van der Waals surface area contributed by atoms with Crippen molar-refractivity contribution < 1.29 is 0 Å². The Kier molecular flexibility index (Phi) is 4.00. The second-order valence-corrected chi connectivity index (χ2v) is 5.39. The topological polar surface area (TPSA) is 26.0 Å². The van der Waals surface area contributed by atoms with E-state index in [0.29, 0.717) is 6.04 Å². The molecule has 0 bridgehead atoms. The molecule has 3 unspecified atom stereocenters. The molecule has 1 saturated carbocycles. The van der Waals surface area contributed by atoms with Crippen LogP contribution < -0.4 is 5.73 Å². The second-order valence-electron chi connectivity index (χ2n) is 5.39. The molecule has 2 rings (SSSR count). The van der Waals surface area contributed by atoms with E-state index in [1.807, 2.05) is 0 Å². The van der Waals surface area contributed by atoms with Crippen LogP contribution in [0.5, 0.6) is 0 Å². The fourth-order valence-corrected chi connectivity index (χ4v) is 2.92. The van der Waals surface area contributed by atoms with Crippen molar-refractivity contribution in [3.05, 3.63) is 35.9 Å². The summed E-state index contributed by atoms with van der Waals surface area (Å²) in [6.45, 7) is 2.36. The maximum atomic E-state index is 6.34. The molecule has 2 N–H and O–H groups in total. The maximum Gasteiger partial charge on any atom is 0.0108 e. The van der Waals surface area contributed by atoms with Crippen LogP contribution in [0.3, 0.4) is 0 Å². The van der Waals surface area contributed by atoms with E-state index in [4.69, 9.17) is 5.73 Å². The Morgan fingerprint density at radius 3 is 2.69 bits per heavy atom. The van der Waals surface area contributed by atoms with Crippen molar-refractivity contribution >= 4 is 0 Å². The summed E-state index contributed by atoms with van der Waals surface area (Å²) in [4.78, 5) is 0. The summed E-state index contributed by atoms with van der Waals surface area (Å²) in [5.74, 6) is 1.62. The van der Waals surface area contributed by atoms with Crippen LogP contribution >= 0.6 is 0 Å². The van der Waals surface area contributed by atoms with E-state index in [0.717, 1.165) is 18.3 Å². The van der Waals surface area contributed by atoms with Crippen LogP contribution in [0.15, 0.2) is 30.3 Å². The molecule has 0 aliphatic heterocycles. The number of hydrogen-bond acceptors (Lipinski definition) is 1. The highest BCUT2D eigenvalue weighted by Gasteiger charge is 2.24. The molecule has 0 aromatic heterocycles. The normalized spacial score (nSPS) is 27.6. The molecular formula is C15H23N. The lowest BCUT2D eigenvalue weighted by molar-refractivity contribution is 0.245. The van der Waals surface area contributed by atoms with Gasteiger partial charge in [-0.1, -0.05) is 50.1 Å². The first-order valence-electron chi connectivity index (χ1n) is 6.55. The van der Waals surface area contributed by atoms with Gasteiger partial charge in [-0.15, -0.1) is 0 Å². The van der Waals surface area contributed by atoms with E-state index in [1.165, 1.54) is 31.2 Å². The van der Waals surface area contributed by atoms with E-state index in [1.54, 1.807) is 0 Å². The van der Waals surface area contributed by atoms with Gasteiger partial charge in [0.2, 0.25) is 0 Å². The van der Waals surface area contributed by atoms with Gasteiger partial charge >= 0.3 is 0 Å². The van der Waals surface area contributed by atoms with Crippen molar-refractivity contribution in [2.45, 2.75) is 45.1 Å². The van der Waals surface area contributed by atoms with Gasteiger partial charge in [0.1, 0.15) is 0 Å². The lowest BCUT2D eigenvalue weighted by atomic mass is 9.77. The van der Waals surface area contributed by atoms with Crippen molar-refractivity contribution in [3.63, 3.8) is 0 Å². The lowest BCUT2D eigenvalue weighted by Crippen LogP contribution is -2.35. The molecule has 0 saturated heterocycles. The minimum Gasteiger partial charge on any atom is -0.327 e. The zero-order valence-electron chi connectivity index (χ0n) is 10.2. The molecule has 1 aliphatic rings. The van der Waals surface area contributed by atoms with E-state index in [-0.39, 0.29) is 0 Å². The standard InChI is InChI=1S/C15H23N/c1-12-6-5-9-14(10-12)15(16)11-13-7-3-2-4-8-13/h2-4,7-8,12,14-15H,5-6,9-11,16H2,1H3. The molecule has 16 heavy (non-hydrogen) atoms. The molecule has 3 atom stereocenters. The number of hydrogen-bond donors (Lipinski definition) is 1. The van der Waals surface area contributed by atoms with E-state index >= 15 is 0 Å². The van der Waals surface area contributed by atoms with Crippen LogP contribution in [0.25, 0.3) is 0 Å². The van der Waals surface area contributed by atoms with Crippen LogP contribution in [0, 0.1) is 11.8 Å². The molecule has 1 nitrogen and oxygen atoms in total. The van der Waals surface area contributed by atoms with Crippen LogP contribution in [0.1, 0.15) is 38.2 Å². The van der Waals surface area contributed by atoms with Crippen LogP contribution in [-0.2, 0) is 6.42 Å². The average molecular weight is 217 g/mol. The monoisotopic (exact) mass is 217 g/mol. The van der Waals surface area contributed by atoms with Gasteiger partial charge in [-0.2, -0.15) is 0 Å². The number of nitrogens with two attached hydrogens (primary N) is 1. The smallest absolute Gasteiger partial charge is 0.0108 e. The van der Waals surface area contributed by atoms with Crippen molar-refractivity contribution in [3.8, 4) is 0 Å². The summed E-state index contributed by atoms with van der Waals surface area (Å²) >= 11 is 0. The Morgan fingerprint density at radius 2 is 2.00 bits per heavy atom. The first-order chi connectivity index (χ1) is 7.75. The van der Waals surface area contributed by atoms with Crippen molar-refractivity contribution in [1.29, 1.82) is 0 Å². The van der Waals surface area contributed by atoms with Crippen LogP contribution in [0.4, 0.5) is 0 Å². The van der Waals surface area contributed by atoms with Gasteiger partial charge in [-0.3, -0.25) is 0 Å². The van der Waals surface area contributed by atoms with Gasteiger partial charge in [0, 0.05) is 6.04 Å². The summed E-state index contributed by atoms with van der Waals surface area (Å²) in [5, 5.41) is 0. The summed E-state index contributed by atoms with van der Waals surface area (Å²) < 4.78 is 0. The van der Waals surface area contributed by atoms with Crippen molar-refractivity contribution in [2.75, 3.05) is 0 Å². The molecule has 1 aromatic carbocycles. The summed E-state index contributed by atoms with van der Waals surface area (Å²) in [6.07, 6.45) is 6.47. The lowest BCUT2D eigenvalue weighted by Gasteiger charge is -2.31. The quantitative estimate of drug-likeness (QED) is 0.825. The molecule has 1 heteroatoms. The van der Waals surface area contributed by atoms with Crippen LogP contribution in [0.2, 0.25) is 0 Å². The number of benzene rings is 1. The number of rotatable bonds is 3. The van der Waals surface area contributed by atoms with E-state index in [9.17, 15) is 0 Å². The molecule has 1 aliphatic carbocycles. The molecule has 1 aromatic rings. The zero-order valence-corrected chi connectivity index (χ0v) is 10.2. The third kappa shape index (κ3) is 3.08. The zero-order chi connectivity index (χ0) is 11.4. The predicted molar refractivity (Wildman–Crippen MR) is 69.2 cm³/mol. The Bertz CT molecular complexity index is 306. The molecule has 0 amide bonds. The van der Waals surface area contributed by atoms with E-state index in [2.05, 4.69) is 37.3 Å². The highest BCUT2D eigenvalue weighted by molar-refractivity contribution is 5.16. The van der Waals surface area contributed by atoms with Gasteiger partial charge in [-0.25, -0.2) is 0 Å². The summed E-state index contributed by atoms with van der Waals surface area (Å²) in [6, 6.07) is 11.0. The van der Waals surface area contributed by atoms with Crippen molar-refractivity contribution in [2.24, 2.45) is 17.6 Å². The highest BCUT2D eigenvalue weighted by Crippen LogP contribution is 2.31. The minimum atomic E-state index is 0.352. The first-order valence-corrected chi connectivity index (χ1v) is 6.55. The molecular weight excluding hydrogens is 194 g/mol. The third-order valence-corrected chi connectivity index (χ3v) is 3.90. The van der Waals surface area contributed by atoms with Crippen LogP contribution in [-0.4, -0.2) is 6.04 Å². The molecule has 88 valence electrons. The molecule has 1 fully saturated rings. The van der Waals surface area contributed by atoms with Gasteiger partial charge < -0.3 is 5.73 Å². The second kappa shape index (κ2) is 5.49. The van der Waals surface area contributed by atoms with Gasteiger partial charge in [0.05, 0.1) is 0 Å². The van der Waals surface area contributed by atoms with Gasteiger partial charge in [0.15, 0.2) is 0 Å².